The van der Waals surface area contributed by atoms with Gasteiger partial charge in [0.2, 0.25) is 0 Å². The summed E-state index contributed by atoms with van der Waals surface area (Å²) in [6, 6.07) is 3.84. The maximum atomic E-state index is 11.8. The lowest BCUT2D eigenvalue weighted by Gasteiger charge is -2.29. The van der Waals surface area contributed by atoms with Crippen LogP contribution >= 0.6 is 11.3 Å². The number of anilines is 1. The summed E-state index contributed by atoms with van der Waals surface area (Å²) in [4.78, 5) is 15.6. The molecule has 1 aliphatic heterocycles. The van der Waals surface area contributed by atoms with Crippen LogP contribution in [0.4, 0.5) is 9.80 Å². The van der Waals surface area contributed by atoms with Crippen LogP contribution in [0.5, 0.6) is 0 Å². The minimum absolute atomic E-state index is 0.281. The van der Waals surface area contributed by atoms with E-state index < -0.39 is 0 Å². The Labute approximate surface area is 112 Å². The molecule has 1 aliphatic rings. The quantitative estimate of drug-likeness (QED) is 0.845. The number of amides is 1. The third-order valence-corrected chi connectivity index (χ3v) is 4.30. The van der Waals surface area contributed by atoms with Crippen molar-refractivity contribution in [2.75, 3.05) is 31.8 Å². The first-order valence-corrected chi connectivity index (χ1v) is 7.21. The lowest BCUT2D eigenvalue weighted by atomic mass is 10.00. The highest BCUT2D eigenvalue weighted by atomic mass is 32.1. The molecule has 0 spiro atoms. The number of hydrogen-bond donors (Lipinski definition) is 0. The van der Waals surface area contributed by atoms with E-state index in [9.17, 15) is 4.79 Å². The molecule has 1 amide bonds. The molecule has 0 radical (unpaired) electrons. The Morgan fingerprint density at radius 3 is 2.89 bits per heavy atom. The summed E-state index contributed by atoms with van der Waals surface area (Å²) in [5.41, 5.74) is 0. The summed E-state index contributed by atoms with van der Waals surface area (Å²) < 4.78 is 5.32. The van der Waals surface area contributed by atoms with Crippen LogP contribution in [-0.4, -0.2) is 37.9 Å². The molecule has 0 bridgehead atoms. The number of ether oxygens (including phenoxy) is 1. The van der Waals surface area contributed by atoms with Crippen molar-refractivity contribution in [1.29, 1.82) is 0 Å². The second-order valence-corrected chi connectivity index (χ2v) is 5.78. The van der Waals surface area contributed by atoms with E-state index in [4.69, 9.17) is 4.74 Å². The zero-order chi connectivity index (χ0) is 13.0. The molecule has 0 unspecified atom stereocenters. The Morgan fingerprint density at radius 1 is 1.56 bits per heavy atom. The number of nitrogens with zero attached hydrogens (tertiary/aromatic N) is 2. The van der Waals surface area contributed by atoms with Gasteiger partial charge in [-0.3, -0.25) is 9.80 Å². The van der Waals surface area contributed by atoms with Gasteiger partial charge >= 0.3 is 6.09 Å². The van der Waals surface area contributed by atoms with Crippen molar-refractivity contribution in [2.24, 2.45) is 5.92 Å². The Kier molecular flexibility index (Phi) is 4.60. The summed E-state index contributed by atoms with van der Waals surface area (Å²) in [7, 11) is 1.74. The van der Waals surface area contributed by atoms with Gasteiger partial charge in [0.1, 0.15) is 11.7 Å². The van der Waals surface area contributed by atoms with Crippen molar-refractivity contribution in [1.82, 2.24) is 4.90 Å². The number of carbonyl (C=O) groups excluding carboxylic acids is 1. The van der Waals surface area contributed by atoms with Gasteiger partial charge in [0.05, 0.1) is 0 Å². The maximum absolute atomic E-state index is 11.8. The summed E-state index contributed by atoms with van der Waals surface area (Å²) in [5.74, 6) is 0.797. The largest absolute Gasteiger partial charge is 0.433 e. The first-order valence-electron chi connectivity index (χ1n) is 6.33. The molecule has 0 N–H and O–H groups in total. The second-order valence-electron chi connectivity index (χ2n) is 4.85. The summed E-state index contributed by atoms with van der Waals surface area (Å²) >= 11 is 1.53. The number of carbonyl (C=O) groups is 1. The zero-order valence-electron chi connectivity index (χ0n) is 11.0. The van der Waals surface area contributed by atoms with Crippen molar-refractivity contribution in [2.45, 2.75) is 19.8 Å². The van der Waals surface area contributed by atoms with Crippen molar-refractivity contribution in [3.05, 3.63) is 17.5 Å². The van der Waals surface area contributed by atoms with Crippen LogP contribution in [0.1, 0.15) is 19.8 Å². The van der Waals surface area contributed by atoms with Gasteiger partial charge in [0, 0.05) is 20.1 Å². The van der Waals surface area contributed by atoms with E-state index in [0.717, 1.165) is 24.0 Å². The molecule has 4 nitrogen and oxygen atoms in total. The molecule has 0 aliphatic carbocycles. The van der Waals surface area contributed by atoms with E-state index in [1.807, 2.05) is 17.5 Å². The van der Waals surface area contributed by atoms with Gasteiger partial charge in [-0.05, 0) is 36.3 Å². The normalized spacial score (nSPS) is 17.7. The van der Waals surface area contributed by atoms with Gasteiger partial charge < -0.3 is 4.74 Å². The molecule has 1 aromatic heterocycles. The molecule has 1 fully saturated rings. The highest BCUT2D eigenvalue weighted by molar-refractivity contribution is 7.14. The number of hydrogen-bond acceptors (Lipinski definition) is 4. The van der Waals surface area contributed by atoms with Crippen molar-refractivity contribution in [3.8, 4) is 0 Å². The SMILES string of the molecule is CC1CCN(COC(=O)N(C)c2cccs2)CC1. The van der Waals surface area contributed by atoms with Gasteiger partial charge in [-0.15, -0.1) is 11.3 Å². The summed E-state index contributed by atoms with van der Waals surface area (Å²) in [5, 5.41) is 2.86. The fourth-order valence-electron chi connectivity index (χ4n) is 1.99. The van der Waals surface area contributed by atoms with Crippen LogP contribution < -0.4 is 4.90 Å². The van der Waals surface area contributed by atoms with Gasteiger partial charge in [-0.2, -0.15) is 0 Å². The van der Waals surface area contributed by atoms with E-state index >= 15 is 0 Å². The van der Waals surface area contributed by atoms with Gasteiger partial charge in [0.15, 0.2) is 0 Å². The van der Waals surface area contributed by atoms with E-state index in [2.05, 4.69) is 11.8 Å². The monoisotopic (exact) mass is 268 g/mol. The van der Waals surface area contributed by atoms with Gasteiger partial charge in [0.25, 0.3) is 0 Å². The fraction of sp³-hybridized carbons (Fsp3) is 0.615. The first-order chi connectivity index (χ1) is 8.66. The highest BCUT2D eigenvalue weighted by Gasteiger charge is 2.18. The third-order valence-electron chi connectivity index (χ3n) is 3.36. The van der Waals surface area contributed by atoms with E-state index in [0.29, 0.717) is 6.73 Å². The maximum Gasteiger partial charge on any atom is 0.415 e. The van der Waals surface area contributed by atoms with E-state index in [-0.39, 0.29) is 6.09 Å². The average molecular weight is 268 g/mol. The minimum atomic E-state index is -0.281. The van der Waals surface area contributed by atoms with E-state index in [1.165, 1.54) is 24.2 Å². The van der Waals surface area contributed by atoms with Crippen LogP contribution in [0.3, 0.4) is 0 Å². The highest BCUT2D eigenvalue weighted by Crippen LogP contribution is 2.20. The predicted octanol–water partition coefficient (Wildman–Crippen LogP) is 3.01. The van der Waals surface area contributed by atoms with Gasteiger partial charge in [-0.25, -0.2) is 4.79 Å². The number of rotatable bonds is 3. The standard InChI is InChI=1S/C13H20N2O2S/c1-11-5-7-15(8-6-11)10-17-13(16)14(2)12-4-3-9-18-12/h3-4,9,11H,5-8,10H2,1-2H3. The van der Waals surface area contributed by atoms with Crippen LogP contribution in [0, 0.1) is 5.92 Å². The molecule has 0 saturated carbocycles. The number of likely N-dealkylation sites (tertiary alicyclic amines) is 1. The van der Waals surface area contributed by atoms with Crippen LogP contribution in [0.15, 0.2) is 17.5 Å². The molecule has 18 heavy (non-hydrogen) atoms. The average Bonchev–Trinajstić information content (AvgIpc) is 2.90. The van der Waals surface area contributed by atoms with E-state index in [1.54, 1.807) is 11.9 Å². The Balaban J connectivity index is 1.75. The Morgan fingerprint density at radius 2 is 2.28 bits per heavy atom. The number of piperidine rings is 1. The first kappa shape index (κ1) is 13.4. The predicted molar refractivity (Wildman–Crippen MR) is 74.0 cm³/mol. The third kappa shape index (κ3) is 3.46. The molecular formula is C13H20N2O2S. The van der Waals surface area contributed by atoms with Crippen LogP contribution in [0.2, 0.25) is 0 Å². The van der Waals surface area contributed by atoms with Crippen LogP contribution in [-0.2, 0) is 4.74 Å². The second kappa shape index (κ2) is 6.20. The Hall–Kier alpha value is -1.07. The summed E-state index contributed by atoms with van der Waals surface area (Å²) in [6.07, 6.45) is 2.10. The zero-order valence-corrected chi connectivity index (χ0v) is 11.8. The molecule has 100 valence electrons. The molecule has 0 atom stereocenters. The smallest absolute Gasteiger partial charge is 0.415 e. The molecular weight excluding hydrogens is 248 g/mol. The topological polar surface area (TPSA) is 32.8 Å². The molecule has 1 aromatic rings. The Bertz CT molecular complexity index is 372. The molecule has 2 heterocycles. The lowest BCUT2D eigenvalue weighted by molar-refractivity contribution is 0.0539. The molecule has 2 rings (SSSR count). The molecule has 5 heteroatoms. The van der Waals surface area contributed by atoms with Gasteiger partial charge in [-0.1, -0.05) is 6.92 Å². The van der Waals surface area contributed by atoms with Crippen LogP contribution in [0.25, 0.3) is 0 Å². The molecule has 0 aromatic carbocycles. The lowest BCUT2D eigenvalue weighted by Crippen LogP contribution is -2.37. The summed E-state index contributed by atoms with van der Waals surface area (Å²) in [6.45, 7) is 4.73. The van der Waals surface area contributed by atoms with Crippen molar-refractivity contribution in [3.63, 3.8) is 0 Å². The minimum Gasteiger partial charge on any atom is -0.433 e. The van der Waals surface area contributed by atoms with Crippen molar-refractivity contribution >= 4 is 22.4 Å². The number of thiophene rings is 1. The fourth-order valence-corrected chi connectivity index (χ4v) is 2.67. The van der Waals surface area contributed by atoms with Crippen molar-refractivity contribution < 1.29 is 9.53 Å². The molecule has 1 saturated heterocycles.